The highest BCUT2D eigenvalue weighted by Gasteiger charge is 2.28. The van der Waals surface area contributed by atoms with Gasteiger partial charge in [-0.1, -0.05) is 35.9 Å². The maximum Gasteiger partial charge on any atom is 0.264 e. The number of fused-ring (bicyclic) bond motifs is 1. The first kappa shape index (κ1) is 22.0. The van der Waals surface area contributed by atoms with Gasteiger partial charge in [-0.2, -0.15) is 0 Å². The number of carbonyl (C=O) groups is 1. The molecule has 4 rings (SSSR count). The van der Waals surface area contributed by atoms with E-state index in [9.17, 15) is 13.2 Å². The zero-order valence-corrected chi connectivity index (χ0v) is 18.8. The van der Waals surface area contributed by atoms with Crippen molar-refractivity contribution in [3.05, 3.63) is 82.9 Å². The molecule has 0 atom stereocenters. The second kappa shape index (κ2) is 9.10. The van der Waals surface area contributed by atoms with Crippen molar-refractivity contribution < 1.29 is 22.7 Å². The summed E-state index contributed by atoms with van der Waals surface area (Å²) in [6.45, 7) is 1.75. The first-order chi connectivity index (χ1) is 15.3. The van der Waals surface area contributed by atoms with Crippen LogP contribution in [0.15, 0.2) is 71.6 Å². The third-order valence-electron chi connectivity index (χ3n) is 4.97. The van der Waals surface area contributed by atoms with Crippen LogP contribution in [0.5, 0.6) is 11.5 Å². The molecule has 0 unspecified atom stereocenters. The minimum Gasteiger partial charge on any atom is -0.454 e. The molecule has 3 aromatic carbocycles. The van der Waals surface area contributed by atoms with Crippen LogP contribution in [0.1, 0.15) is 11.1 Å². The van der Waals surface area contributed by atoms with Gasteiger partial charge in [0, 0.05) is 11.6 Å². The molecule has 32 heavy (non-hydrogen) atoms. The lowest BCUT2D eigenvalue weighted by atomic mass is 10.2. The minimum atomic E-state index is -3.98. The van der Waals surface area contributed by atoms with Gasteiger partial charge < -0.3 is 14.8 Å². The number of carbonyl (C=O) groups excluding carboxylic acids is 1. The molecule has 0 radical (unpaired) electrons. The molecule has 0 aliphatic carbocycles. The number of hydrogen-bond donors (Lipinski definition) is 1. The number of hydrogen-bond acceptors (Lipinski definition) is 5. The van der Waals surface area contributed by atoms with Crippen LogP contribution in [0.4, 0.5) is 5.69 Å². The standard InChI is InChI=1S/C23H21ClN2O5S/c1-16-11-18(24)8-9-20(16)26(32(28,29)19-5-3-2-4-6-19)14-23(27)25-13-17-7-10-21-22(12-17)31-15-30-21/h2-12H,13-15H2,1H3,(H,25,27). The van der Waals surface area contributed by atoms with Crippen molar-refractivity contribution in [3.8, 4) is 11.5 Å². The molecule has 166 valence electrons. The molecule has 0 saturated heterocycles. The van der Waals surface area contributed by atoms with Crippen LogP contribution < -0.4 is 19.1 Å². The van der Waals surface area contributed by atoms with Gasteiger partial charge in [0.05, 0.1) is 10.6 Å². The highest BCUT2D eigenvalue weighted by Crippen LogP contribution is 2.32. The average Bonchev–Trinajstić information content (AvgIpc) is 3.25. The van der Waals surface area contributed by atoms with Crippen molar-refractivity contribution in [2.24, 2.45) is 0 Å². The average molecular weight is 473 g/mol. The van der Waals surface area contributed by atoms with Crippen LogP contribution in [-0.2, 0) is 21.4 Å². The molecule has 0 saturated carbocycles. The summed E-state index contributed by atoms with van der Waals surface area (Å²) in [5, 5.41) is 3.26. The number of ether oxygens (including phenoxy) is 2. The summed E-state index contributed by atoms with van der Waals surface area (Å²) in [5.74, 6) is 0.816. The number of anilines is 1. The molecule has 3 aromatic rings. The van der Waals surface area contributed by atoms with E-state index in [0.29, 0.717) is 27.8 Å². The number of nitrogens with zero attached hydrogens (tertiary/aromatic N) is 1. The van der Waals surface area contributed by atoms with Crippen molar-refractivity contribution in [2.75, 3.05) is 17.6 Å². The summed E-state index contributed by atoms with van der Waals surface area (Å²) in [7, 11) is -3.98. The molecular weight excluding hydrogens is 452 g/mol. The molecular formula is C23H21ClN2O5S. The van der Waals surface area contributed by atoms with Crippen molar-refractivity contribution in [1.29, 1.82) is 0 Å². The van der Waals surface area contributed by atoms with Gasteiger partial charge in [-0.3, -0.25) is 9.10 Å². The fourth-order valence-electron chi connectivity index (χ4n) is 3.36. The maximum atomic E-state index is 13.4. The molecule has 1 heterocycles. The molecule has 1 aliphatic rings. The highest BCUT2D eigenvalue weighted by atomic mass is 35.5. The molecule has 0 spiro atoms. The Morgan fingerprint density at radius 2 is 1.78 bits per heavy atom. The van der Waals surface area contributed by atoms with Crippen molar-refractivity contribution in [3.63, 3.8) is 0 Å². The van der Waals surface area contributed by atoms with Crippen LogP contribution in [0, 0.1) is 6.92 Å². The quantitative estimate of drug-likeness (QED) is 0.564. The fourth-order valence-corrected chi connectivity index (χ4v) is 5.09. The smallest absolute Gasteiger partial charge is 0.264 e. The topological polar surface area (TPSA) is 84.9 Å². The number of nitrogens with one attached hydrogen (secondary N) is 1. The largest absolute Gasteiger partial charge is 0.454 e. The zero-order valence-electron chi connectivity index (χ0n) is 17.2. The van der Waals surface area contributed by atoms with Gasteiger partial charge in [0.25, 0.3) is 10.0 Å². The Hall–Kier alpha value is -3.23. The van der Waals surface area contributed by atoms with E-state index in [1.165, 1.54) is 12.1 Å². The minimum absolute atomic E-state index is 0.0953. The van der Waals surface area contributed by atoms with E-state index in [4.69, 9.17) is 21.1 Å². The number of benzene rings is 3. The predicted molar refractivity (Wildman–Crippen MR) is 122 cm³/mol. The Balaban J connectivity index is 1.57. The van der Waals surface area contributed by atoms with E-state index in [1.807, 2.05) is 6.07 Å². The molecule has 1 N–H and O–H groups in total. The van der Waals surface area contributed by atoms with Crippen molar-refractivity contribution in [2.45, 2.75) is 18.4 Å². The Labute approximate surface area is 191 Å². The van der Waals surface area contributed by atoms with E-state index < -0.39 is 15.9 Å². The Morgan fingerprint density at radius 1 is 1.03 bits per heavy atom. The highest BCUT2D eigenvalue weighted by molar-refractivity contribution is 7.92. The molecule has 0 fully saturated rings. The van der Waals surface area contributed by atoms with E-state index in [2.05, 4.69) is 5.32 Å². The van der Waals surface area contributed by atoms with E-state index in [-0.39, 0.29) is 24.8 Å². The normalized spacial score (nSPS) is 12.4. The summed E-state index contributed by atoms with van der Waals surface area (Å²) in [6.07, 6.45) is 0. The lowest BCUT2D eigenvalue weighted by molar-refractivity contribution is -0.119. The SMILES string of the molecule is Cc1cc(Cl)ccc1N(CC(=O)NCc1ccc2c(c1)OCO2)S(=O)(=O)c1ccccc1. The van der Waals surface area contributed by atoms with E-state index in [1.54, 1.807) is 55.5 Å². The first-order valence-corrected chi connectivity index (χ1v) is 11.7. The monoisotopic (exact) mass is 472 g/mol. The maximum absolute atomic E-state index is 13.4. The van der Waals surface area contributed by atoms with Crippen LogP contribution in [-0.4, -0.2) is 27.7 Å². The summed E-state index contributed by atoms with van der Waals surface area (Å²) in [5.41, 5.74) is 1.83. The Bertz CT molecular complexity index is 1250. The van der Waals surface area contributed by atoms with Crippen LogP contribution >= 0.6 is 11.6 Å². The van der Waals surface area contributed by atoms with Gasteiger partial charge in [0.2, 0.25) is 12.7 Å². The molecule has 1 aliphatic heterocycles. The lowest BCUT2D eigenvalue weighted by Gasteiger charge is -2.25. The van der Waals surface area contributed by atoms with Crippen LogP contribution in [0.25, 0.3) is 0 Å². The van der Waals surface area contributed by atoms with Gasteiger partial charge in [-0.05, 0) is 60.5 Å². The fraction of sp³-hybridized carbons (Fsp3) is 0.174. The number of halogens is 1. The number of aryl methyl sites for hydroxylation is 1. The van der Waals surface area contributed by atoms with E-state index in [0.717, 1.165) is 9.87 Å². The Morgan fingerprint density at radius 3 is 2.53 bits per heavy atom. The third-order valence-corrected chi connectivity index (χ3v) is 6.98. The van der Waals surface area contributed by atoms with Crippen molar-refractivity contribution in [1.82, 2.24) is 5.32 Å². The van der Waals surface area contributed by atoms with Gasteiger partial charge in [-0.25, -0.2) is 8.42 Å². The number of rotatable bonds is 7. The summed E-state index contributed by atoms with van der Waals surface area (Å²) in [6, 6.07) is 18.2. The number of amides is 1. The Kier molecular flexibility index (Phi) is 6.25. The second-order valence-electron chi connectivity index (χ2n) is 7.22. The van der Waals surface area contributed by atoms with Crippen molar-refractivity contribution >= 4 is 33.2 Å². The van der Waals surface area contributed by atoms with Gasteiger partial charge in [0.1, 0.15) is 6.54 Å². The number of sulfonamides is 1. The first-order valence-electron chi connectivity index (χ1n) is 9.84. The molecule has 7 nitrogen and oxygen atoms in total. The van der Waals surface area contributed by atoms with Gasteiger partial charge >= 0.3 is 0 Å². The van der Waals surface area contributed by atoms with Crippen LogP contribution in [0.3, 0.4) is 0 Å². The molecule has 9 heteroatoms. The molecule has 0 bridgehead atoms. The molecule has 1 amide bonds. The zero-order chi connectivity index (χ0) is 22.7. The van der Waals surface area contributed by atoms with E-state index >= 15 is 0 Å². The van der Waals surface area contributed by atoms with Gasteiger partial charge in [-0.15, -0.1) is 0 Å². The lowest BCUT2D eigenvalue weighted by Crippen LogP contribution is -2.41. The molecule has 0 aromatic heterocycles. The van der Waals surface area contributed by atoms with Crippen LogP contribution in [0.2, 0.25) is 5.02 Å². The summed E-state index contributed by atoms with van der Waals surface area (Å²) in [4.78, 5) is 12.9. The predicted octanol–water partition coefficient (Wildman–Crippen LogP) is 3.89. The van der Waals surface area contributed by atoms with Gasteiger partial charge in [0.15, 0.2) is 11.5 Å². The summed E-state index contributed by atoms with van der Waals surface area (Å²) >= 11 is 6.05. The second-order valence-corrected chi connectivity index (χ2v) is 9.52. The third kappa shape index (κ3) is 4.66. The summed E-state index contributed by atoms with van der Waals surface area (Å²) < 4.78 is 38.5.